The van der Waals surface area contributed by atoms with E-state index in [1.807, 2.05) is 0 Å². The second kappa shape index (κ2) is 4.56. The average molecular weight is 288 g/mol. The largest absolute Gasteiger partial charge is 0.377 e. The highest BCUT2D eigenvalue weighted by atomic mass is 16.5. The standard InChI is InChI=1S/C17H24N2O2/c1-2-5-14-11(4-1)13(19-21-14)10-18-15-12-6-9-20-16(12)17(15)7-3-8-17/h12,15-16,18H,1-10H2/t12-,15?,16-/m0/s1. The summed E-state index contributed by atoms with van der Waals surface area (Å²) >= 11 is 0. The average Bonchev–Trinajstić information content (AvgIpc) is 3.04. The van der Waals surface area contributed by atoms with Gasteiger partial charge in [-0.3, -0.25) is 0 Å². The van der Waals surface area contributed by atoms with Gasteiger partial charge in [0.25, 0.3) is 0 Å². The quantitative estimate of drug-likeness (QED) is 0.928. The summed E-state index contributed by atoms with van der Waals surface area (Å²) in [6.07, 6.45) is 10.6. The summed E-state index contributed by atoms with van der Waals surface area (Å²) in [5, 5.41) is 8.17. The van der Waals surface area contributed by atoms with Gasteiger partial charge in [0.15, 0.2) is 0 Å². The van der Waals surface area contributed by atoms with E-state index in [1.165, 1.54) is 49.8 Å². The van der Waals surface area contributed by atoms with Gasteiger partial charge in [0.05, 0.1) is 6.10 Å². The van der Waals surface area contributed by atoms with E-state index in [9.17, 15) is 0 Å². The van der Waals surface area contributed by atoms with E-state index in [1.54, 1.807) is 0 Å². The zero-order valence-corrected chi connectivity index (χ0v) is 12.6. The molecule has 1 aromatic rings. The number of aromatic nitrogens is 1. The van der Waals surface area contributed by atoms with Crippen LogP contribution in [0.5, 0.6) is 0 Å². The summed E-state index contributed by atoms with van der Waals surface area (Å²) < 4.78 is 11.5. The summed E-state index contributed by atoms with van der Waals surface area (Å²) in [5.74, 6) is 1.89. The molecule has 1 aromatic heterocycles. The highest BCUT2D eigenvalue weighted by molar-refractivity contribution is 5.26. The Morgan fingerprint density at radius 3 is 2.95 bits per heavy atom. The fourth-order valence-electron chi connectivity index (χ4n) is 5.35. The van der Waals surface area contributed by atoms with E-state index >= 15 is 0 Å². The first-order valence-corrected chi connectivity index (χ1v) is 8.70. The molecule has 1 aliphatic heterocycles. The Morgan fingerprint density at radius 1 is 1.19 bits per heavy atom. The van der Waals surface area contributed by atoms with Gasteiger partial charge in [0.1, 0.15) is 11.5 Å². The first-order valence-electron chi connectivity index (χ1n) is 8.70. The molecule has 21 heavy (non-hydrogen) atoms. The molecular formula is C17H24N2O2. The van der Waals surface area contributed by atoms with Gasteiger partial charge >= 0.3 is 0 Å². The number of ether oxygens (including phenoxy) is 1. The number of nitrogens with zero attached hydrogens (tertiary/aromatic N) is 1. The molecule has 3 atom stereocenters. The van der Waals surface area contributed by atoms with Crippen molar-refractivity contribution in [1.82, 2.24) is 10.5 Å². The summed E-state index contributed by atoms with van der Waals surface area (Å²) in [7, 11) is 0. The molecule has 4 heteroatoms. The van der Waals surface area contributed by atoms with Gasteiger partial charge in [-0.1, -0.05) is 11.6 Å². The molecule has 0 radical (unpaired) electrons. The van der Waals surface area contributed by atoms with Crippen LogP contribution in [0.2, 0.25) is 0 Å². The van der Waals surface area contributed by atoms with Gasteiger partial charge in [0, 0.05) is 42.5 Å². The lowest BCUT2D eigenvalue weighted by molar-refractivity contribution is -0.176. The molecule has 2 heterocycles. The molecule has 1 spiro atoms. The third-order valence-electron chi connectivity index (χ3n) is 6.56. The van der Waals surface area contributed by atoms with Crippen LogP contribution in [0.4, 0.5) is 0 Å². The van der Waals surface area contributed by atoms with Crippen LogP contribution in [-0.2, 0) is 24.1 Å². The Morgan fingerprint density at radius 2 is 2.10 bits per heavy atom. The lowest BCUT2D eigenvalue weighted by atomic mass is 9.46. The Hall–Kier alpha value is -0.870. The van der Waals surface area contributed by atoms with Gasteiger partial charge in [-0.2, -0.15) is 0 Å². The van der Waals surface area contributed by atoms with E-state index in [-0.39, 0.29) is 0 Å². The van der Waals surface area contributed by atoms with E-state index < -0.39 is 0 Å². The number of hydrogen-bond acceptors (Lipinski definition) is 4. The molecule has 0 aromatic carbocycles. The van der Waals surface area contributed by atoms with Crippen LogP contribution in [0.1, 0.15) is 55.5 Å². The molecule has 0 bridgehead atoms. The van der Waals surface area contributed by atoms with Gasteiger partial charge in [-0.05, 0) is 38.5 Å². The number of rotatable bonds is 3. The molecule has 1 saturated heterocycles. The van der Waals surface area contributed by atoms with E-state index in [0.29, 0.717) is 17.6 Å². The van der Waals surface area contributed by atoms with Crippen molar-refractivity contribution in [3.63, 3.8) is 0 Å². The Labute approximate surface area is 125 Å². The van der Waals surface area contributed by atoms with Crippen molar-refractivity contribution < 1.29 is 9.26 Å². The molecule has 2 saturated carbocycles. The van der Waals surface area contributed by atoms with E-state index in [4.69, 9.17) is 9.26 Å². The SMILES string of the molecule is C1CCc2c(CNC3[C@@H]4CCO[C@@H]4C34CCC4)noc2C1. The van der Waals surface area contributed by atoms with Crippen LogP contribution in [0.3, 0.4) is 0 Å². The van der Waals surface area contributed by atoms with Gasteiger partial charge in [-0.25, -0.2) is 0 Å². The lowest BCUT2D eigenvalue weighted by Gasteiger charge is -2.63. The predicted molar refractivity (Wildman–Crippen MR) is 77.9 cm³/mol. The Balaban J connectivity index is 1.31. The number of fused-ring (bicyclic) bond motifs is 3. The van der Waals surface area contributed by atoms with Gasteiger partial charge in [-0.15, -0.1) is 0 Å². The van der Waals surface area contributed by atoms with Crippen LogP contribution in [0.25, 0.3) is 0 Å². The normalized spacial score (nSPS) is 35.9. The monoisotopic (exact) mass is 288 g/mol. The molecule has 4 nitrogen and oxygen atoms in total. The molecule has 3 aliphatic carbocycles. The Kier molecular flexibility index (Phi) is 2.75. The molecule has 4 aliphatic rings. The summed E-state index contributed by atoms with van der Waals surface area (Å²) in [4.78, 5) is 0. The maximum atomic E-state index is 5.99. The summed E-state index contributed by atoms with van der Waals surface area (Å²) in [6.45, 7) is 1.85. The van der Waals surface area contributed by atoms with Crippen molar-refractivity contribution in [3.8, 4) is 0 Å². The summed E-state index contributed by atoms with van der Waals surface area (Å²) in [6, 6.07) is 0.648. The maximum Gasteiger partial charge on any atom is 0.140 e. The minimum absolute atomic E-state index is 0.463. The number of hydrogen-bond donors (Lipinski definition) is 1. The smallest absolute Gasteiger partial charge is 0.140 e. The second-order valence-corrected chi connectivity index (χ2v) is 7.43. The fourth-order valence-corrected chi connectivity index (χ4v) is 5.35. The third-order valence-corrected chi connectivity index (χ3v) is 6.56. The first-order chi connectivity index (χ1) is 10.4. The number of nitrogens with one attached hydrogen (secondary N) is 1. The van der Waals surface area contributed by atoms with Crippen LogP contribution in [-0.4, -0.2) is 23.9 Å². The molecule has 3 fully saturated rings. The van der Waals surface area contributed by atoms with E-state index in [0.717, 1.165) is 37.7 Å². The first kappa shape index (κ1) is 12.7. The molecule has 0 amide bonds. The Bertz CT molecular complexity index is 549. The number of aryl methyl sites for hydroxylation is 1. The highest BCUT2D eigenvalue weighted by Crippen LogP contribution is 2.62. The van der Waals surface area contributed by atoms with Crippen molar-refractivity contribution in [2.75, 3.05) is 6.61 Å². The molecule has 1 N–H and O–H groups in total. The zero-order chi connectivity index (χ0) is 13.9. The van der Waals surface area contributed by atoms with Gasteiger partial charge in [0.2, 0.25) is 0 Å². The minimum Gasteiger partial charge on any atom is -0.377 e. The van der Waals surface area contributed by atoms with Crippen molar-refractivity contribution in [1.29, 1.82) is 0 Å². The summed E-state index contributed by atoms with van der Waals surface area (Å²) in [5.41, 5.74) is 3.03. The molecule has 1 unspecified atom stereocenters. The van der Waals surface area contributed by atoms with Crippen molar-refractivity contribution in [2.24, 2.45) is 11.3 Å². The van der Waals surface area contributed by atoms with Crippen molar-refractivity contribution >= 4 is 0 Å². The van der Waals surface area contributed by atoms with Crippen molar-refractivity contribution in [2.45, 2.75) is 70.1 Å². The van der Waals surface area contributed by atoms with Crippen molar-refractivity contribution in [3.05, 3.63) is 17.0 Å². The van der Waals surface area contributed by atoms with Crippen LogP contribution in [0.15, 0.2) is 4.52 Å². The second-order valence-electron chi connectivity index (χ2n) is 7.43. The molecule has 5 rings (SSSR count). The maximum absolute atomic E-state index is 5.99. The fraction of sp³-hybridized carbons (Fsp3) is 0.824. The van der Waals surface area contributed by atoms with E-state index in [2.05, 4.69) is 10.5 Å². The van der Waals surface area contributed by atoms with Crippen LogP contribution < -0.4 is 5.32 Å². The predicted octanol–water partition coefficient (Wildman–Crippen LogP) is 2.60. The lowest BCUT2D eigenvalue weighted by Crippen LogP contribution is -2.70. The zero-order valence-electron chi connectivity index (χ0n) is 12.6. The van der Waals surface area contributed by atoms with Crippen LogP contribution in [0, 0.1) is 11.3 Å². The highest BCUT2D eigenvalue weighted by Gasteiger charge is 2.66. The molecular weight excluding hydrogens is 264 g/mol. The molecule has 114 valence electrons. The van der Waals surface area contributed by atoms with Gasteiger partial charge < -0.3 is 14.6 Å². The minimum atomic E-state index is 0.463. The topological polar surface area (TPSA) is 47.3 Å². The van der Waals surface area contributed by atoms with Crippen LogP contribution >= 0.6 is 0 Å². The third kappa shape index (κ3) is 1.66.